The van der Waals surface area contributed by atoms with Crippen molar-refractivity contribution in [2.75, 3.05) is 19.5 Å². The van der Waals surface area contributed by atoms with E-state index in [1.165, 1.54) is 11.4 Å². The Morgan fingerprint density at radius 2 is 1.78 bits per heavy atom. The molecule has 0 aliphatic carbocycles. The molecule has 0 amide bonds. The fourth-order valence-electron chi connectivity index (χ4n) is 2.20. The molecule has 0 atom stereocenters. The number of hydrogen-bond donors (Lipinski definition) is 1. The maximum atomic E-state index is 12.9. The number of methoxy groups -OCH3 is 2. The van der Waals surface area contributed by atoms with E-state index in [-0.39, 0.29) is 9.77 Å². The molecule has 27 heavy (non-hydrogen) atoms. The van der Waals surface area contributed by atoms with Crippen LogP contribution in [0, 0.1) is 0 Å². The molecular weight excluding hydrogens is 390 g/mol. The highest BCUT2D eigenvalue weighted by Gasteiger charge is 2.33. The van der Waals surface area contributed by atoms with Crippen molar-refractivity contribution in [2.45, 2.75) is 18.2 Å². The van der Waals surface area contributed by atoms with Gasteiger partial charge in [0.1, 0.15) is 4.88 Å². The highest BCUT2D eigenvalue weighted by molar-refractivity contribution is 7.96. The topological polar surface area (TPSA) is 98.8 Å². The Labute approximate surface area is 161 Å². The molecule has 0 fully saturated rings. The molecule has 1 aromatic carbocycles. The third-order valence-corrected chi connectivity index (χ3v) is 6.50. The monoisotopic (exact) mass is 409 g/mol. The van der Waals surface area contributed by atoms with Gasteiger partial charge < -0.3 is 14.8 Å². The summed E-state index contributed by atoms with van der Waals surface area (Å²) in [7, 11) is -2.07. The molecule has 1 heterocycles. The van der Waals surface area contributed by atoms with Crippen molar-refractivity contribution in [3.8, 4) is 0 Å². The van der Waals surface area contributed by atoms with Gasteiger partial charge in [-0.25, -0.2) is 18.0 Å². The quantitative estimate of drug-likeness (QED) is 0.554. The van der Waals surface area contributed by atoms with E-state index in [0.29, 0.717) is 5.69 Å². The summed E-state index contributed by atoms with van der Waals surface area (Å²) in [5.74, 6) is -1.84. The minimum absolute atomic E-state index is 0.111. The number of carbonyl (C=O) groups is 2. The van der Waals surface area contributed by atoms with Crippen LogP contribution in [0.2, 0.25) is 0 Å². The molecule has 0 aliphatic rings. The summed E-state index contributed by atoms with van der Waals surface area (Å²) in [6, 6.07) is 8.55. The average molecular weight is 409 g/mol. The standard InChI is InChI=1S/C18H19NO6S2/c1-4-12-5-7-13(8-6-12)19-11-15(17(20)24-2)27(22,23)14-9-10-26-16(14)18(21)25-3/h5-11,19H,4H2,1-3H3. The van der Waals surface area contributed by atoms with Gasteiger partial charge in [-0.15, -0.1) is 11.3 Å². The normalized spacial score (nSPS) is 11.7. The molecule has 0 saturated carbocycles. The molecule has 144 valence electrons. The van der Waals surface area contributed by atoms with Gasteiger partial charge in [0, 0.05) is 11.9 Å². The number of benzene rings is 1. The Bertz CT molecular complexity index is 958. The second-order valence-corrected chi connectivity index (χ2v) is 8.11. The predicted octanol–water partition coefficient (Wildman–Crippen LogP) is 3.00. The lowest BCUT2D eigenvalue weighted by atomic mass is 10.1. The van der Waals surface area contributed by atoms with Crippen molar-refractivity contribution in [1.29, 1.82) is 0 Å². The number of sulfone groups is 1. The van der Waals surface area contributed by atoms with Gasteiger partial charge in [-0.2, -0.15) is 0 Å². The van der Waals surface area contributed by atoms with Crippen LogP contribution >= 0.6 is 11.3 Å². The Balaban J connectivity index is 2.44. The Hall–Kier alpha value is -2.65. The van der Waals surface area contributed by atoms with Crippen LogP contribution in [0.1, 0.15) is 22.2 Å². The Morgan fingerprint density at radius 3 is 2.33 bits per heavy atom. The van der Waals surface area contributed by atoms with Gasteiger partial charge >= 0.3 is 11.9 Å². The van der Waals surface area contributed by atoms with Crippen molar-refractivity contribution in [3.63, 3.8) is 0 Å². The van der Waals surface area contributed by atoms with Crippen molar-refractivity contribution in [3.05, 3.63) is 57.3 Å². The smallest absolute Gasteiger partial charge is 0.351 e. The van der Waals surface area contributed by atoms with Crippen LogP contribution in [-0.2, 0) is 30.5 Å². The fraction of sp³-hybridized carbons (Fsp3) is 0.222. The summed E-state index contributed by atoms with van der Waals surface area (Å²) in [4.78, 5) is 22.9. The lowest BCUT2D eigenvalue weighted by molar-refractivity contribution is -0.135. The zero-order chi connectivity index (χ0) is 20.0. The number of ether oxygens (including phenoxy) is 2. The van der Waals surface area contributed by atoms with Gasteiger partial charge in [0.2, 0.25) is 9.84 Å². The van der Waals surface area contributed by atoms with E-state index in [9.17, 15) is 18.0 Å². The van der Waals surface area contributed by atoms with Gasteiger partial charge in [-0.1, -0.05) is 19.1 Å². The second kappa shape index (κ2) is 8.83. The van der Waals surface area contributed by atoms with Crippen LogP contribution in [0.25, 0.3) is 0 Å². The average Bonchev–Trinajstić information content (AvgIpc) is 3.18. The predicted molar refractivity (Wildman–Crippen MR) is 102 cm³/mol. The third kappa shape index (κ3) is 4.55. The zero-order valence-corrected chi connectivity index (χ0v) is 16.6. The molecule has 1 aromatic heterocycles. The molecule has 9 heteroatoms. The zero-order valence-electron chi connectivity index (χ0n) is 15.0. The lowest BCUT2D eigenvalue weighted by Crippen LogP contribution is -2.18. The highest BCUT2D eigenvalue weighted by atomic mass is 32.2. The van der Waals surface area contributed by atoms with E-state index in [2.05, 4.69) is 14.8 Å². The number of esters is 2. The fourth-order valence-corrected chi connectivity index (χ4v) is 4.79. The second-order valence-electron chi connectivity index (χ2n) is 5.30. The molecule has 0 spiro atoms. The molecule has 0 radical (unpaired) electrons. The first-order valence-electron chi connectivity index (χ1n) is 7.90. The van der Waals surface area contributed by atoms with Crippen LogP contribution < -0.4 is 5.32 Å². The molecule has 7 nitrogen and oxygen atoms in total. The van der Waals surface area contributed by atoms with Crippen LogP contribution in [0.15, 0.2) is 51.7 Å². The lowest BCUT2D eigenvalue weighted by Gasteiger charge is -2.09. The Kier molecular flexibility index (Phi) is 6.75. The molecule has 2 aromatic rings. The summed E-state index contributed by atoms with van der Waals surface area (Å²) >= 11 is 0.911. The minimum atomic E-state index is -4.30. The number of anilines is 1. The van der Waals surface area contributed by atoms with Crippen molar-refractivity contribution >= 4 is 38.8 Å². The maximum absolute atomic E-state index is 12.9. The van der Waals surface area contributed by atoms with E-state index >= 15 is 0 Å². The number of thiophene rings is 1. The van der Waals surface area contributed by atoms with Crippen LogP contribution in [-0.4, -0.2) is 34.6 Å². The summed E-state index contributed by atoms with van der Waals surface area (Å²) in [5.41, 5.74) is 1.72. The Morgan fingerprint density at radius 1 is 1.11 bits per heavy atom. The molecule has 0 bridgehead atoms. The molecule has 1 N–H and O–H groups in total. The third-order valence-electron chi connectivity index (χ3n) is 3.70. The minimum Gasteiger partial charge on any atom is -0.465 e. The van der Waals surface area contributed by atoms with E-state index in [1.54, 1.807) is 12.1 Å². The molecule has 0 unspecified atom stereocenters. The number of carbonyl (C=O) groups excluding carboxylic acids is 2. The first kappa shape index (κ1) is 20.7. The molecule has 0 aliphatic heterocycles. The van der Waals surface area contributed by atoms with E-state index in [4.69, 9.17) is 0 Å². The summed E-state index contributed by atoms with van der Waals surface area (Å²) in [5, 5.41) is 4.22. The van der Waals surface area contributed by atoms with Crippen LogP contribution in [0.5, 0.6) is 0 Å². The summed E-state index contributed by atoms with van der Waals surface area (Å²) in [6.45, 7) is 2.02. The van der Waals surface area contributed by atoms with Crippen molar-refractivity contribution in [1.82, 2.24) is 0 Å². The number of nitrogens with one attached hydrogen (secondary N) is 1. The van der Waals surface area contributed by atoms with Gasteiger partial charge in [-0.05, 0) is 35.6 Å². The van der Waals surface area contributed by atoms with Gasteiger partial charge in [-0.3, -0.25) is 0 Å². The first-order valence-corrected chi connectivity index (χ1v) is 10.3. The molecule has 0 saturated heterocycles. The summed E-state index contributed by atoms with van der Waals surface area (Å²) in [6.07, 6.45) is 1.92. The summed E-state index contributed by atoms with van der Waals surface area (Å²) < 4.78 is 35.1. The van der Waals surface area contributed by atoms with Gasteiger partial charge in [0.25, 0.3) is 0 Å². The van der Waals surface area contributed by atoms with Crippen LogP contribution in [0.4, 0.5) is 5.69 Å². The maximum Gasteiger partial charge on any atom is 0.351 e. The SMILES string of the molecule is CCc1ccc(NC=C(C(=O)OC)S(=O)(=O)c2ccsc2C(=O)OC)cc1. The van der Waals surface area contributed by atoms with Crippen LogP contribution in [0.3, 0.4) is 0 Å². The van der Waals surface area contributed by atoms with E-state index in [0.717, 1.165) is 43.7 Å². The molecular formula is C18H19NO6S2. The van der Waals surface area contributed by atoms with Crippen molar-refractivity contribution < 1.29 is 27.5 Å². The van der Waals surface area contributed by atoms with E-state index in [1.807, 2.05) is 19.1 Å². The molecule has 2 rings (SSSR count). The first-order chi connectivity index (χ1) is 12.8. The highest BCUT2D eigenvalue weighted by Crippen LogP contribution is 2.28. The van der Waals surface area contributed by atoms with Crippen molar-refractivity contribution in [2.24, 2.45) is 0 Å². The number of rotatable bonds is 7. The number of aryl methyl sites for hydroxylation is 1. The number of hydrogen-bond acceptors (Lipinski definition) is 8. The van der Waals surface area contributed by atoms with Gasteiger partial charge in [0.05, 0.1) is 19.1 Å². The van der Waals surface area contributed by atoms with E-state index < -0.39 is 26.7 Å². The van der Waals surface area contributed by atoms with Gasteiger partial charge in [0.15, 0.2) is 4.91 Å². The largest absolute Gasteiger partial charge is 0.465 e.